The Morgan fingerprint density at radius 3 is 2.52 bits per heavy atom. The van der Waals surface area contributed by atoms with Gasteiger partial charge in [0.1, 0.15) is 0 Å². The third kappa shape index (κ3) is 4.72. The van der Waals surface area contributed by atoms with E-state index in [1.54, 1.807) is 36.6 Å². The number of aryl methyl sites for hydroxylation is 1. The molecule has 7 nitrogen and oxygen atoms in total. The zero-order chi connectivity index (χ0) is 28.0. The van der Waals surface area contributed by atoms with Crippen LogP contribution < -0.4 is 10.6 Å². The number of allylic oxidation sites excluding steroid dienone is 1. The van der Waals surface area contributed by atoms with E-state index in [9.17, 15) is 18.0 Å². The van der Waals surface area contributed by atoms with Gasteiger partial charge in [-0.3, -0.25) is 14.5 Å². The second kappa shape index (κ2) is 10.1. The van der Waals surface area contributed by atoms with Crippen molar-refractivity contribution in [3.8, 4) is 28.2 Å². The quantitative estimate of drug-likeness (QED) is 0.352. The maximum atomic E-state index is 14.4. The molecule has 40 heavy (non-hydrogen) atoms. The van der Waals surface area contributed by atoms with Crippen LogP contribution in [0.25, 0.3) is 34.3 Å². The molecule has 0 bridgehead atoms. The smallest absolute Gasteiger partial charge is 0.368 e. The van der Waals surface area contributed by atoms with Gasteiger partial charge in [0, 0.05) is 69.5 Å². The van der Waals surface area contributed by atoms with Crippen molar-refractivity contribution in [2.75, 3.05) is 37.6 Å². The standard InChI is InChI=1S/C30H29F3N6O/c1-3-37-11-13-38(14-12-37)27-8-7-23(17-24(27)30(31,32)33)39-28(19-36(2)29(39)40)26-16-20(9-10-34-26)22-15-21-5-4-6-25(21)35-18-22/h4-5,7-10,15-19H,3,6,11-14H2,1-2H3. The molecule has 10 heteroatoms. The first kappa shape index (κ1) is 26.1. The van der Waals surface area contributed by atoms with Crippen molar-refractivity contribution in [3.63, 3.8) is 0 Å². The number of pyridine rings is 2. The number of hydrogen-bond donors (Lipinski definition) is 0. The lowest BCUT2D eigenvalue weighted by atomic mass is 10.0. The minimum Gasteiger partial charge on any atom is -0.368 e. The summed E-state index contributed by atoms with van der Waals surface area (Å²) in [7, 11) is 1.58. The van der Waals surface area contributed by atoms with E-state index in [-0.39, 0.29) is 11.4 Å². The number of aromatic nitrogens is 4. The SMILES string of the molecule is CCN1CCN(c2ccc(-n3c(-c4cc(-c5cnc6c(c5)C=CC6)ccn4)cn(C)c3=O)cc2C(F)(F)F)CC1. The normalized spacial score (nSPS) is 15.6. The van der Waals surface area contributed by atoms with Crippen LogP contribution in [0.1, 0.15) is 23.7 Å². The van der Waals surface area contributed by atoms with E-state index in [2.05, 4.69) is 27.0 Å². The van der Waals surface area contributed by atoms with E-state index in [0.29, 0.717) is 37.6 Å². The maximum Gasteiger partial charge on any atom is 0.418 e. The van der Waals surface area contributed by atoms with Crippen molar-refractivity contribution in [3.05, 3.63) is 88.4 Å². The number of benzene rings is 1. The molecule has 4 aromatic rings. The lowest BCUT2D eigenvalue weighted by molar-refractivity contribution is -0.137. The third-order valence-corrected chi connectivity index (χ3v) is 7.72. The number of nitrogens with zero attached hydrogens (tertiary/aromatic N) is 6. The zero-order valence-electron chi connectivity index (χ0n) is 22.3. The first-order valence-electron chi connectivity index (χ1n) is 13.3. The number of anilines is 1. The first-order chi connectivity index (χ1) is 19.2. The van der Waals surface area contributed by atoms with Crippen molar-refractivity contribution in [2.45, 2.75) is 19.5 Å². The van der Waals surface area contributed by atoms with Crippen LogP contribution in [0.5, 0.6) is 0 Å². The topological polar surface area (TPSA) is 59.2 Å². The number of alkyl halides is 3. The molecule has 1 aliphatic heterocycles. The summed E-state index contributed by atoms with van der Waals surface area (Å²) in [5.74, 6) is 0. The summed E-state index contributed by atoms with van der Waals surface area (Å²) in [5, 5.41) is 0. The van der Waals surface area contributed by atoms with Gasteiger partial charge in [0.2, 0.25) is 0 Å². The second-order valence-corrected chi connectivity index (χ2v) is 10.2. The Labute approximate surface area is 229 Å². The summed E-state index contributed by atoms with van der Waals surface area (Å²) in [5.41, 5.74) is 3.76. The highest BCUT2D eigenvalue weighted by Gasteiger charge is 2.36. The number of hydrogen-bond acceptors (Lipinski definition) is 5. The predicted octanol–water partition coefficient (Wildman–Crippen LogP) is 5.03. The summed E-state index contributed by atoms with van der Waals surface area (Å²) >= 11 is 0. The molecule has 1 aliphatic carbocycles. The summed E-state index contributed by atoms with van der Waals surface area (Å²) in [6.07, 6.45) is 5.36. The molecular formula is C30H29F3N6O. The van der Waals surface area contributed by atoms with Gasteiger partial charge in [-0.15, -0.1) is 0 Å². The average Bonchev–Trinajstić information content (AvgIpc) is 3.56. The van der Waals surface area contributed by atoms with Crippen molar-refractivity contribution >= 4 is 11.8 Å². The van der Waals surface area contributed by atoms with E-state index in [1.807, 2.05) is 25.1 Å². The highest BCUT2D eigenvalue weighted by atomic mass is 19.4. The molecule has 0 atom stereocenters. The van der Waals surface area contributed by atoms with Crippen LogP contribution >= 0.6 is 0 Å². The summed E-state index contributed by atoms with van der Waals surface area (Å²) in [6, 6.07) is 9.88. The number of halogens is 3. The van der Waals surface area contributed by atoms with Gasteiger partial charge in [-0.25, -0.2) is 4.79 Å². The highest BCUT2D eigenvalue weighted by Crippen LogP contribution is 2.39. The fraction of sp³-hybridized carbons (Fsp3) is 0.300. The highest BCUT2D eigenvalue weighted by molar-refractivity contribution is 5.73. The monoisotopic (exact) mass is 546 g/mol. The van der Waals surface area contributed by atoms with Crippen LogP contribution in [0.15, 0.2) is 65.9 Å². The molecule has 0 spiro atoms. The average molecular weight is 547 g/mol. The zero-order valence-corrected chi connectivity index (χ0v) is 22.3. The number of piperazine rings is 1. The molecule has 0 amide bonds. The van der Waals surface area contributed by atoms with Gasteiger partial charge < -0.3 is 14.4 Å². The Morgan fingerprint density at radius 1 is 0.975 bits per heavy atom. The molecule has 1 aromatic carbocycles. The molecule has 1 saturated heterocycles. The predicted molar refractivity (Wildman–Crippen MR) is 150 cm³/mol. The lowest BCUT2D eigenvalue weighted by Gasteiger charge is -2.36. The molecule has 0 N–H and O–H groups in total. The molecule has 0 saturated carbocycles. The third-order valence-electron chi connectivity index (χ3n) is 7.72. The Kier molecular flexibility index (Phi) is 6.58. The van der Waals surface area contributed by atoms with Crippen molar-refractivity contribution in [1.82, 2.24) is 24.0 Å². The van der Waals surface area contributed by atoms with E-state index >= 15 is 0 Å². The number of fused-ring (bicyclic) bond motifs is 1. The molecule has 0 unspecified atom stereocenters. The van der Waals surface area contributed by atoms with E-state index in [0.717, 1.165) is 41.4 Å². The molecule has 206 valence electrons. The molecule has 3 aromatic heterocycles. The van der Waals surface area contributed by atoms with Crippen LogP contribution in [0, 0.1) is 0 Å². The van der Waals surface area contributed by atoms with Gasteiger partial charge in [0.05, 0.1) is 28.3 Å². The summed E-state index contributed by atoms with van der Waals surface area (Å²) in [4.78, 5) is 26.3. The minimum absolute atomic E-state index is 0.135. The summed E-state index contributed by atoms with van der Waals surface area (Å²) < 4.78 is 45.7. The Hall–Kier alpha value is -4.18. The summed E-state index contributed by atoms with van der Waals surface area (Å²) in [6.45, 7) is 5.35. The van der Waals surface area contributed by atoms with Gasteiger partial charge in [0.25, 0.3) is 0 Å². The second-order valence-electron chi connectivity index (χ2n) is 10.2. The van der Waals surface area contributed by atoms with Crippen LogP contribution in [-0.2, 0) is 19.6 Å². The van der Waals surface area contributed by atoms with Crippen LogP contribution in [0.2, 0.25) is 0 Å². The fourth-order valence-corrected chi connectivity index (χ4v) is 5.49. The van der Waals surface area contributed by atoms with Crippen LogP contribution in [0.3, 0.4) is 0 Å². The first-order valence-corrected chi connectivity index (χ1v) is 13.3. The van der Waals surface area contributed by atoms with Crippen molar-refractivity contribution < 1.29 is 13.2 Å². The molecular weight excluding hydrogens is 517 g/mol. The number of imidazole rings is 1. The Bertz CT molecular complexity index is 1660. The maximum absolute atomic E-state index is 14.4. The van der Waals surface area contributed by atoms with Gasteiger partial charge >= 0.3 is 11.9 Å². The molecule has 6 rings (SSSR count). The van der Waals surface area contributed by atoms with Crippen LogP contribution in [0.4, 0.5) is 18.9 Å². The van der Waals surface area contributed by atoms with E-state index < -0.39 is 17.4 Å². The van der Waals surface area contributed by atoms with Gasteiger partial charge in [0.15, 0.2) is 0 Å². The molecule has 2 aliphatic rings. The van der Waals surface area contributed by atoms with Crippen molar-refractivity contribution in [1.29, 1.82) is 0 Å². The molecule has 1 fully saturated rings. The van der Waals surface area contributed by atoms with Crippen molar-refractivity contribution in [2.24, 2.45) is 7.05 Å². The molecule has 0 radical (unpaired) electrons. The van der Waals surface area contributed by atoms with Gasteiger partial charge in [-0.05, 0) is 54.1 Å². The van der Waals surface area contributed by atoms with Gasteiger partial charge in [-0.1, -0.05) is 19.1 Å². The van der Waals surface area contributed by atoms with Crippen LogP contribution in [-0.4, -0.2) is 56.7 Å². The van der Waals surface area contributed by atoms with Gasteiger partial charge in [-0.2, -0.15) is 13.2 Å². The Balaban J connectivity index is 1.42. The largest absolute Gasteiger partial charge is 0.418 e. The minimum atomic E-state index is -4.58. The fourth-order valence-electron chi connectivity index (χ4n) is 5.49. The number of likely N-dealkylation sites (N-methyl/N-ethyl adjacent to an activating group) is 1. The Morgan fingerprint density at radius 2 is 1.77 bits per heavy atom. The van der Waals surface area contributed by atoms with E-state index in [1.165, 1.54) is 15.2 Å². The molecule has 4 heterocycles. The van der Waals surface area contributed by atoms with E-state index in [4.69, 9.17) is 0 Å². The number of rotatable bonds is 5. The lowest BCUT2D eigenvalue weighted by Crippen LogP contribution is -2.46.